The molecule has 6 heteroatoms. The van der Waals surface area contributed by atoms with Crippen molar-refractivity contribution in [3.63, 3.8) is 0 Å². The molecule has 3 rings (SSSR count). The molecule has 0 atom stereocenters. The average molecular weight is 451 g/mol. The maximum atomic E-state index is 5.85. The minimum atomic E-state index is 0.586. The van der Waals surface area contributed by atoms with Crippen LogP contribution in [0.2, 0.25) is 0 Å². The number of nitrogens with one attached hydrogen (secondary N) is 1. The summed E-state index contributed by atoms with van der Waals surface area (Å²) in [6.07, 6.45) is 0. The molecule has 0 aromatic heterocycles. The van der Waals surface area contributed by atoms with Gasteiger partial charge >= 0.3 is 0 Å². The average Bonchev–Trinajstić information content (AvgIpc) is 2.82. The first-order chi connectivity index (χ1) is 15.6. The molecule has 0 unspecified atom stereocenters. The molecular formula is C26H30N2O3S. The van der Waals surface area contributed by atoms with Crippen LogP contribution in [-0.2, 0) is 13.1 Å². The number of benzene rings is 3. The van der Waals surface area contributed by atoms with Gasteiger partial charge in [-0.1, -0.05) is 42.5 Å². The molecule has 0 amide bonds. The lowest BCUT2D eigenvalue weighted by Crippen LogP contribution is -2.34. The van der Waals surface area contributed by atoms with E-state index in [0.717, 1.165) is 34.1 Å². The molecule has 0 fully saturated rings. The van der Waals surface area contributed by atoms with Crippen molar-refractivity contribution in [3.05, 3.63) is 83.9 Å². The number of methoxy groups -OCH3 is 1. The van der Waals surface area contributed by atoms with Gasteiger partial charge in [0.05, 0.1) is 26.0 Å². The summed E-state index contributed by atoms with van der Waals surface area (Å²) in [5.41, 5.74) is 3.05. The third-order valence-electron chi connectivity index (χ3n) is 4.88. The number of hydrogen-bond acceptors (Lipinski definition) is 4. The molecule has 0 spiro atoms. The lowest BCUT2D eigenvalue weighted by Gasteiger charge is -2.27. The SMILES string of the molecule is CCOc1ccccc1CN(Cc1ccc(OC)cc1)C(=S)Nc1ccccc1OCC. The van der Waals surface area contributed by atoms with E-state index in [1.165, 1.54) is 0 Å². The molecule has 0 bridgehead atoms. The smallest absolute Gasteiger partial charge is 0.174 e. The second-order valence-electron chi connectivity index (χ2n) is 7.10. The fourth-order valence-corrected chi connectivity index (χ4v) is 3.57. The van der Waals surface area contributed by atoms with Crippen LogP contribution >= 0.6 is 12.2 Å². The Morgan fingerprint density at radius 2 is 1.44 bits per heavy atom. The lowest BCUT2D eigenvalue weighted by atomic mass is 10.1. The summed E-state index contributed by atoms with van der Waals surface area (Å²) in [5.74, 6) is 2.47. The molecule has 0 saturated heterocycles. The molecule has 3 aromatic rings. The van der Waals surface area contributed by atoms with E-state index in [1.807, 2.05) is 68.4 Å². The highest BCUT2D eigenvalue weighted by molar-refractivity contribution is 7.80. The van der Waals surface area contributed by atoms with Crippen LogP contribution in [0.5, 0.6) is 17.2 Å². The molecule has 3 aromatic carbocycles. The Labute approximate surface area is 195 Å². The first-order valence-corrected chi connectivity index (χ1v) is 11.2. The van der Waals surface area contributed by atoms with Crippen LogP contribution in [-0.4, -0.2) is 30.3 Å². The van der Waals surface area contributed by atoms with Gasteiger partial charge in [0, 0.05) is 18.7 Å². The van der Waals surface area contributed by atoms with Crippen LogP contribution in [0.25, 0.3) is 0 Å². The Balaban J connectivity index is 1.86. The molecule has 0 saturated carbocycles. The van der Waals surface area contributed by atoms with Crippen molar-refractivity contribution in [2.45, 2.75) is 26.9 Å². The van der Waals surface area contributed by atoms with Gasteiger partial charge in [-0.25, -0.2) is 0 Å². The summed E-state index contributed by atoms with van der Waals surface area (Å²) in [4.78, 5) is 2.12. The van der Waals surface area contributed by atoms with Gasteiger partial charge in [0.15, 0.2) is 5.11 Å². The fraction of sp³-hybridized carbons (Fsp3) is 0.269. The van der Waals surface area contributed by atoms with Crippen molar-refractivity contribution in [3.8, 4) is 17.2 Å². The Hall–Kier alpha value is -3.25. The van der Waals surface area contributed by atoms with Crippen LogP contribution < -0.4 is 19.5 Å². The highest BCUT2D eigenvalue weighted by Gasteiger charge is 2.16. The molecule has 1 N–H and O–H groups in total. The predicted octanol–water partition coefficient (Wildman–Crippen LogP) is 5.89. The highest BCUT2D eigenvalue weighted by atomic mass is 32.1. The number of hydrogen-bond donors (Lipinski definition) is 1. The van der Waals surface area contributed by atoms with E-state index in [1.54, 1.807) is 7.11 Å². The van der Waals surface area contributed by atoms with Crippen LogP contribution in [0.4, 0.5) is 5.69 Å². The summed E-state index contributed by atoms with van der Waals surface area (Å²) in [6.45, 7) is 6.39. The minimum absolute atomic E-state index is 0.586. The first kappa shape index (κ1) is 23.4. The Morgan fingerprint density at radius 1 is 0.812 bits per heavy atom. The molecule has 32 heavy (non-hydrogen) atoms. The topological polar surface area (TPSA) is 43.0 Å². The summed E-state index contributed by atoms with van der Waals surface area (Å²) >= 11 is 5.85. The lowest BCUT2D eigenvalue weighted by molar-refractivity contribution is 0.326. The summed E-state index contributed by atoms with van der Waals surface area (Å²) in [7, 11) is 1.67. The zero-order valence-electron chi connectivity index (χ0n) is 18.8. The second kappa shape index (κ2) is 12.0. The van der Waals surface area contributed by atoms with E-state index in [-0.39, 0.29) is 0 Å². The third kappa shape index (κ3) is 6.37. The molecule has 168 valence electrons. The van der Waals surface area contributed by atoms with Crippen molar-refractivity contribution in [1.29, 1.82) is 0 Å². The normalized spacial score (nSPS) is 10.3. The molecule has 0 radical (unpaired) electrons. The molecular weight excluding hydrogens is 420 g/mol. The van der Waals surface area contributed by atoms with Crippen molar-refractivity contribution < 1.29 is 14.2 Å². The van der Waals surface area contributed by atoms with E-state index < -0.39 is 0 Å². The van der Waals surface area contributed by atoms with Crippen LogP contribution in [0.1, 0.15) is 25.0 Å². The van der Waals surface area contributed by atoms with Gasteiger partial charge in [0.1, 0.15) is 17.2 Å². The van der Waals surface area contributed by atoms with Crippen molar-refractivity contribution in [2.24, 2.45) is 0 Å². The summed E-state index contributed by atoms with van der Waals surface area (Å²) in [5, 5.41) is 3.99. The molecule has 0 aliphatic rings. The number of anilines is 1. The molecule has 5 nitrogen and oxygen atoms in total. The van der Waals surface area contributed by atoms with E-state index in [2.05, 4.69) is 28.4 Å². The van der Waals surface area contributed by atoms with E-state index >= 15 is 0 Å². The van der Waals surface area contributed by atoms with Gasteiger partial charge < -0.3 is 24.4 Å². The van der Waals surface area contributed by atoms with Gasteiger partial charge in [0.25, 0.3) is 0 Å². The highest BCUT2D eigenvalue weighted by Crippen LogP contribution is 2.26. The number of nitrogens with zero attached hydrogens (tertiary/aromatic N) is 1. The summed E-state index contributed by atoms with van der Waals surface area (Å²) in [6, 6.07) is 23.9. The molecule has 0 heterocycles. The quantitative estimate of drug-likeness (QED) is 0.389. The van der Waals surface area contributed by atoms with Crippen molar-refractivity contribution >= 4 is 23.0 Å². The van der Waals surface area contributed by atoms with Gasteiger partial charge in [0.2, 0.25) is 0 Å². The standard InChI is InChI=1S/C26H30N2O3S/c1-4-30-24-12-8-6-10-21(24)19-28(18-20-14-16-22(29-3)17-15-20)26(32)27-23-11-7-9-13-25(23)31-5-2/h6-17H,4-5,18-19H2,1-3H3,(H,27,32). The van der Waals surface area contributed by atoms with Gasteiger partial charge in [-0.2, -0.15) is 0 Å². The minimum Gasteiger partial charge on any atom is -0.497 e. The molecule has 0 aliphatic heterocycles. The van der Waals surface area contributed by atoms with E-state index in [4.69, 9.17) is 26.4 Å². The van der Waals surface area contributed by atoms with Gasteiger partial charge in [-0.05, 0) is 62.0 Å². The molecule has 0 aliphatic carbocycles. The number of rotatable bonds is 10. The van der Waals surface area contributed by atoms with Crippen LogP contribution in [0.3, 0.4) is 0 Å². The largest absolute Gasteiger partial charge is 0.497 e. The number of thiocarbonyl (C=S) groups is 1. The summed E-state index contributed by atoms with van der Waals surface area (Å²) < 4.78 is 16.9. The van der Waals surface area contributed by atoms with Gasteiger partial charge in [-0.3, -0.25) is 0 Å². The Kier molecular flexibility index (Phi) is 8.75. The van der Waals surface area contributed by atoms with E-state index in [0.29, 0.717) is 31.4 Å². The van der Waals surface area contributed by atoms with Crippen LogP contribution in [0, 0.1) is 0 Å². The maximum Gasteiger partial charge on any atom is 0.174 e. The predicted molar refractivity (Wildman–Crippen MR) is 134 cm³/mol. The third-order valence-corrected chi connectivity index (χ3v) is 5.24. The van der Waals surface area contributed by atoms with Crippen molar-refractivity contribution in [1.82, 2.24) is 4.90 Å². The monoisotopic (exact) mass is 450 g/mol. The maximum absolute atomic E-state index is 5.85. The number of ether oxygens (including phenoxy) is 3. The first-order valence-electron chi connectivity index (χ1n) is 10.8. The second-order valence-corrected chi connectivity index (χ2v) is 7.49. The van der Waals surface area contributed by atoms with Crippen molar-refractivity contribution in [2.75, 3.05) is 25.6 Å². The van der Waals surface area contributed by atoms with Gasteiger partial charge in [-0.15, -0.1) is 0 Å². The fourth-order valence-electron chi connectivity index (χ4n) is 3.33. The van der Waals surface area contributed by atoms with Crippen LogP contribution in [0.15, 0.2) is 72.8 Å². The Bertz CT molecular complexity index is 1010. The zero-order chi connectivity index (χ0) is 22.8. The number of para-hydroxylation sites is 3. The zero-order valence-corrected chi connectivity index (χ0v) is 19.7. The van der Waals surface area contributed by atoms with E-state index in [9.17, 15) is 0 Å². The Morgan fingerprint density at radius 3 is 2.12 bits per heavy atom.